The highest BCUT2D eigenvalue weighted by Crippen LogP contribution is 2.45. The van der Waals surface area contributed by atoms with Crippen molar-refractivity contribution in [2.75, 3.05) is 50.9 Å². The van der Waals surface area contributed by atoms with Gasteiger partial charge in [-0.15, -0.1) is 0 Å². The Balaban J connectivity index is 1.05. The second-order valence-corrected chi connectivity index (χ2v) is 23.5. The van der Waals surface area contributed by atoms with Crippen LogP contribution in [0.4, 0.5) is 11.4 Å². The van der Waals surface area contributed by atoms with E-state index in [9.17, 15) is 38.5 Å². The number of nitrogen functional groups attached to an aromatic ring is 2. The van der Waals surface area contributed by atoms with E-state index in [1.807, 2.05) is 0 Å². The number of amides is 2. The molecule has 2 aromatic carbocycles. The standard InChI is InChI=1S/C63H95N4O13P/c1-3-5-7-9-11-13-15-17-19-21-23-25-27-29-59(70)76-45-50(79-60(71)30-28-26-24-22-20-18-16-14-12-10-8-6-4-2)46-78-81(74,75)77-40-37-66-62(72)47-35-38-67(39-36-47)63(73)54-44-56(65)55(64)43-53(54)61-51-33-31-48(68)41-57(51)80-58-42-49(69)32-34-52(58)61/h31-34,41-44,47,50,68H,3-30,35-40,45-46,64-65H2,1-2H3,(H,66,72)(H,74,75)/t50-/m1/s1. The predicted octanol–water partition coefficient (Wildman–Crippen LogP) is 14.0. The number of piperidine rings is 1. The van der Waals surface area contributed by atoms with Crippen LogP contribution in [-0.4, -0.2) is 84.2 Å². The Labute approximate surface area is 480 Å². The molecule has 0 bridgehead atoms. The van der Waals surface area contributed by atoms with Crippen molar-refractivity contribution in [1.82, 2.24) is 10.2 Å². The molecule has 0 radical (unpaired) electrons. The number of ether oxygens (including phenoxy) is 2. The lowest BCUT2D eigenvalue weighted by molar-refractivity contribution is -0.161. The van der Waals surface area contributed by atoms with Gasteiger partial charge in [-0.1, -0.05) is 168 Å². The molecule has 81 heavy (non-hydrogen) atoms. The number of unbranched alkanes of at least 4 members (excludes halogenated alkanes) is 24. The molecular weight excluding hydrogens is 1050 g/mol. The smallest absolute Gasteiger partial charge is 0.472 e. The average Bonchev–Trinajstić information content (AvgIpc) is 3.53. The molecule has 0 aromatic heterocycles. The first-order valence-electron chi connectivity index (χ1n) is 30.6. The van der Waals surface area contributed by atoms with E-state index in [1.165, 1.54) is 146 Å². The van der Waals surface area contributed by atoms with Crippen LogP contribution in [0.5, 0.6) is 5.75 Å². The van der Waals surface area contributed by atoms with Gasteiger partial charge in [0.2, 0.25) is 5.91 Å². The maximum absolute atomic E-state index is 14.4. The number of nitrogens with two attached hydrogens (primary N) is 2. The number of nitrogens with one attached hydrogen (secondary N) is 1. The lowest BCUT2D eigenvalue weighted by Gasteiger charge is -2.32. The van der Waals surface area contributed by atoms with Crippen molar-refractivity contribution in [2.45, 2.75) is 213 Å². The highest BCUT2D eigenvalue weighted by atomic mass is 31.2. The third kappa shape index (κ3) is 24.1. The van der Waals surface area contributed by atoms with E-state index in [-0.39, 0.29) is 97.0 Å². The lowest BCUT2D eigenvalue weighted by atomic mass is 9.89. The van der Waals surface area contributed by atoms with Gasteiger partial charge < -0.3 is 45.6 Å². The van der Waals surface area contributed by atoms with Crippen LogP contribution in [0.25, 0.3) is 33.4 Å². The lowest BCUT2D eigenvalue weighted by Crippen LogP contribution is -2.43. The molecule has 17 nitrogen and oxygen atoms in total. The van der Waals surface area contributed by atoms with Gasteiger partial charge in [-0.2, -0.15) is 0 Å². The van der Waals surface area contributed by atoms with Gasteiger partial charge >= 0.3 is 19.8 Å². The molecule has 0 saturated carbocycles. The van der Waals surface area contributed by atoms with Gasteiger partial charge in [0, 0.05) is 72.6 Å². The minimum Gasteiger partial charge on any atom is -0.508 e. The topological polar surface area (TPSA) is 260 Å². The Kier molecular flexibility index (Phi) is 30.2. The van der Waals surface area contributed by atoms with Crippen LogP contribution in [-0.2, 0) is 37.5 Å². The maximum Gasteiger partial charge on any atom is 0.472 e. The molecule has 0 spiro atoms. The van der Waals surface area contributed by atoms with E-state index in [2.05, 4.69) is 19.2 Å². The third-order valence-corrected chi connectivity index (χ3v) is 16.3. The molecule has 2 aromatic rings. The van der Waals surface area contributed by atoms with Crippen LogP contribution in [0.15, 0.2) is 57.7 Å². The largest absolute Gasteiger partial charge is 0.508 e. The summed E-state index contributed by atoms with van der Waals surface area (Å²) in [5.41, 5.74) is 14.8. The van der Waals surface area contributed by atoms with Crippen molar-refractivity contribution in [1.29, 1.82) is 0 Å². The van der Waals surface area contributed by atoms with Crippen LogP contribution >= 0.6 is 7.82 Å². The van der Waals surface area contributed by atoms with E-state index < -0.39 is 38.4 Å². The van der Waals surface area contributed by atoms with Crippen molar-refractivity contribution < 1.29 is 56.7 Å². The molecule has 3 aliphatic rings. The third-order valence-electron chi connectivity index (χ3n) is 15.3. The van der Waals surface area contributed by atoms with Crippen LogP contribution in [0, 0.1) is 5.92 Å². The summed E-state index contributed by atoms with van der Waals surface area (Å²) in [6, 6.07) is 12.1. The van der Waals surface area contributed by atoms with Gasteiger partial charge in [0.15, 0.2) is 11.5 Å². The number of phenols is 1. The van der Waals surface area contributed by atoms with Crippen LogP contribution < -0.4 is 22.2 Å². The molecule has 1 unspecified atom stereocenters. The van der Waals surface area contributed by atoms with Crippen LogP contribution in [0.3, 0.4) is 0 Å². The Bertz CT molecular complexity index is 2620. The molecule has 2 amide bonds. The summed E-state index contributed by atoms with van der Waals surface area (Å²) >= 11 is 0. The van der Waals surface area contributed by atoms with E-state index in [0.717, 1.165) is 38.5 Å². The van der Waals surface area contributed by atoms with Crippen LogP contribution in [0.2, 0.25) is 0 Å². The summed E-state index contributed by atoms with van der Waals surface area (Å²) in [5, 5.41) is 13.6. The number of fused-ring (bicyclic) bond motifs is 2. The fourth-order valence-electron chi connectivity index (χ4n) is 10.6. The number of carbonyl (C=O) groups is 4. The van der Waals surface area contributed by atoms with Gasteiger partial charge in [0.1, 0.15) is 23.7 Å². The van der Waals surface area contributed by atoms with Gasteiger partial charge in [-0.3, -0.25) is 33.0 Å². The second kappa shape index (κ2) is 36.9. The van der Waals surface area contributed by atoms with E-state index in [0.29, 0.717) is 47.8 Å². The molecule has 1 fully saturated rings. The Morgan fingerprint density at radius 2 is 1.20 bits per heavy atom. The zero-order valence-corrected chi connectivity index (χ0v) is 49.6. The number of rotatable bonds is 41. The molecule has 18 heteroatoms. The van der Waals surface area contributed by atoms with E-state index >= 15 is 0 Å². The molecule has 7 N–H and O–H groups in total. The van der Waals surface area contributed by atoms with E-state index in [4.69, 9.17) is 34.4 Å². The minimum atomic E-state index is -4.71. The number of hydrogen-bond donors (Lipinski definition) is 5. The molecular formula is C63H95N4O13P. The Morgan fingerprint density at radius 3 is 1.77 bits per heavy atom. The molecule has 5 rings (SSSR count). The summed E-state index contributed by atoms with van der Waals surface area (Å²) in [7, 11) is -4.71. The van der Waals surface area contributed by atoms with Crippen molar-refractivity contribution in [2.24, 2.45) is 5.92 Å². The summed E-state index contributed by atoms with van der Waals surface area (Å²) in [6.07, 6.45) is 30.4. The van der Waals surface area contributed by atoms with Gasteiger partial charge in [0.05, 0.1) is 24.6 Å². The predicted molar refractivity (Wildman–Crippen MR) is 320 cm³/mol. The number of anilines is 2. The van der Waals surface area contributed by atoms with Gasteiger partial charge in [-0.25, -0.2) is 4.57 Å². The number of phosphoric acid groups is 1. The zero-order chi connectivity index (χ0) is 58.2. The van der Waals surface area contributed by atoms with Crippen LogP contribution in [0.1, 0.15) is 217 Å². The first-order chi connectivity index (χ1) is 39.2. The number of hydrogen-bond acceptors (Lipinski definition) is 14. The Hall–Kier alpha value is -5.48. The quantitative estimate of drug-likeness (QED) is 0.00910. The summed E-state index contributed by atoms with van der Waals surface area (Å²) in [5.74, 6) is -1.89. The minimum absolute atomic E-state index is 0.0497. The SMILES string of the molecule is CCCCCCCCCCCCCCCC(=O)OC[C@H](COP(=O)(O)OCCNC(=O)C1CCN(C(=O)c2cc(N)c(N)cc2-c2c3ccc(=O)cc-3oc3cc(O)ccc23)CC1)OC(=O)CCCCCCCCCCCCCCC. The molecule has 2 heterocycles. The maximum atomic E-state index is 14.4. The average molecular weight is 1150 g/mol. The molecule has 1 saturated heterocycles. The molecule has 2 aliphatic heterocycles. The first kappa shape index (κ1) is 66.3. The van der Waals surface area contributed by atoms with Crippen molar-refractivity contribution in [3.63, 3.8) is 0 Å². The number of likely N-dealkylation sites (tertiary alicyclic amines) is 1. The number of aromatic hydroxyl groups is 1. The number of esters is 2. The number of phenolic OH excluding ortho intramolecular Hbond substituents is 1. The molecule has 450 valence electrons. The monoisotopic (exact) mass is 1150 g/mol. The fourth-order valence-corrected chi connectivity index (χ4v) is 11.3. The molecule has 2 atom stereocenters. The fraction of sp³-hybridized carbons (Fsp3) is 0.635. The van der Waals surface area contributed by atoms with E-state index in [1.54, 1.807) is 23.1 Å². The summed E-state index contributed by atoms with van der Waals surface area (Å²) < 4.78 is 40.6. The van der Waals surface area contributed by atoms with Gasteiger partial charge in [-0.05, 0) is 67.6 Å². The van der Waals surface area contributed by atoms with Crippen molar-refractivity contribution in [3.8, 4) is 28.2 Å². The number of nitrogens with zero attached hydrogens (tertiary/aromatic N) is 1. The van der Waals surface area contributed by atoms with Crippen molar-refractivity contribution in [3.05, 3.63) is 64.3 Å². The summed E-state index contributed by atoms with van der Waals surface area (Å²) in [4.78, 5) is 78.0. The van der Waals surface area contributed by atoms with Crippen molar-refractivity contribution >= 4 is 53.9 Å². The number of carbonyl (C=O) groups excluding carboxylic acids is 4. The second-order valence-electron chi connectivity index (χ2n) is 22.1. The number of phosphoric ester groups is 1. The zero-order valence-electron chi connectivity index (χ0n) is 48.7. The van der Waals surface area contributed by atoms with Gasteiger partial charge in [0.25, 0.3) is 5.91 Å². The highest BCUT2D eigenvalue weighted by Gasteiger charge is 2.32. The first-order valence-corrected chi connectivity index (χ1v) is 32.1. The number of benzene rings is 3. The highest BCUT2D eigenvalue weighted by molar-refractivity contribution is 7.47. The summed E-state index contributed by atoms with van der Waals surface area (Å²) in [6.45, 7) is 3.54. The normalized spacial score (nSPS) is 14.0. The molecule has 1 aliphatic carbocycles. The Morgan fingerprint density at radius 1 is 0.667 bits per heavy atom.